The van der Waals surface area contributed by atoms with Crippen LogP contribution in [0.4, 0.5) is 0 Å². The van der Waals surface area contributed by atoms with Crippen LogP contribution in [-0.4, -0.2) is 106 Å². The van der Waals surface area contributed by atoms with Gasteiger partial charge in [-0.15, -0.1) is 0 Å². The minimum Gasteiger partial charge on any atom is -1.00 e. The Labute approximate surface area is 1020 Å². The van der Waals surface area contributed by atoms with Crippen molar-refractivity contribution in [2.45, 2.75) is 144 Å². The number of hydrogen-bond acceptors (Lipinski definition) is 25. The van der Waals surface area contributed by atoms with Crippen LogP contribution in [0.2, 0.25) is 0 Å². The third kappa shape index (κ3) is 31.8. The second-order valence-corrected chi connectivity index (χ2v) is 60.3. The number of aliphatic hydroxyl groups excluding tert-OH is 3. The molecule has 0 amide bonds. The number of carbonyl (C=O) groups excluding carboxylic acids is 4. The third-order valence-electron chi connectivity index (χ3n) is 24.8. The van der Waals surface area contributed by atoms with Crippen LogP contribution < -0.4 is 141 Å². The Balaban J connectivity index is 0.000000277. The van der Waals surface area contributed by atoms with Gasteiger partial charge >= 0.3 is 103 Å². The first-order chi connectivity index (χ1) is 70.0. The van der Waals surface area contributed by atoms with Gasteiger partial charge in [0.15, 0.2) is 17.3 Å². The SMILES string of the molecule is CO.COc1cc(C)c2c(c1)C(=O)c1c(O)cc(C)cc1[C@H](c1ccc(C)cc1)[C@H]2O.COc1cc(C)c2c(c1)C(=O)c1c(OC)cc(C)cc1[C@H](c1ccc(C)cc1)[C@H]2C.COc1cc(C)c2c(c1)C(=O)c1c(OC)cc(C)cc1[C@H](c1ccc(C)cc1)[C@H]2O.COc1cc(C)c2c(c1)[C@]1(O)O[C@@H]2[C@@H](c2ccc(C)cc2)c2cc(C)cc(OC)c21.O=CO[O-].S=S=S=S=S=S.S=S=S=S=S=S=S.S=S=S=S=S=S=S=S.[H-].[K+].[K+]. The van der Waals surface area contributed by atoms with Gasteiger partial charge in [0.05, 0.1) is 90.3 Å². The molecule has 148 heavy (non-hydrogen) atoms. The third-order valence-corrected chi connectivity index (χ3v) is 51.5. The van der Waals surface area contributed by atoms with E-state index in [4.69, 9.17) is 53.1 Å². The fraction of sp³-hybridized carbons (Fsp3) is 0.283. The maximum Gasteiger partial charge on any atom is 1.00 e. The molecule has 9 atom stereocenters. The van der Waals surface area contributed by atoms with Crippen molar-refractivity contribution >= 4 is 224 Å². The summed E-state index contributed by atoms with van der Waals surface area (Å²) >= 11 is 27.4. The second kappa shape index (κ2) is 63.5. The molecule has 4 aliphatic carbocycles. The summed E-state index contributed by atoms with van der Waals surface area (Å²) in [6.45, 7) is 26.1. The van der Waals surface area contributed by atoms with Crippen LogP contribution in [0, 0.1) is 83.1 Å². The number of methoxy groups -OCH3 is 7. The number of fused-ring (bicyclic) bond motifs is 8. The molecule has 776 valence electrons. The van der Waals surface area contributed by atoms with E-state index in [1.165, 1.54) is 87.7 Å². The zero-order valence-electron chi connectivity index (χ0n) is 86.2. The quantitative estimate of drug-likeness (QED) is 0.0329. The first kappa shape index (κ1) is 130. The maximum absolute atomic E-state index is 13.9. The van der Waals surface area contributed by atoms with E-state index in [0.717, 1.165) is 113 Å². The zero-order valence-corrected chi connectivity index (χ0v) is 109. The van der Waals surface area contributed by atoms with Gasteiger partial charge in [0.25, 0.3) is 6.47 Å². The summed E-state index contributed by atoms with van der Waals surface area (Å²) < 4.78 is 45.3. The van der Waals surface area contributed by atoms with Crippen LogP contribution in [0.3, 0.4) is 0 Å². The Morgan fingerprint density at radius 1 is 0.351 bits per heavy atom. The van der Waals surface area contributed by atoms with Crippen molar-refractivity contribution in [3.8, 4) is 46.0 Å². The van der Waals surface area contributed by atoms with Crippen molar-refractivity contribution < 1.29 is 197 Å². The number of phenolic OH excluding ortho intramolecular Hbond substituents is 1. The summed E-state index contributed by atoms with van der Waals surface area (Å²) in [5, 5.41) is 61.3. The van der Waals surface area contributed by atoms with Gasteiger partial charge in [-0.25, -0.2) is 0 Å². The summed E-state index contributed by atoms with van der Waals surface area (Å²) in [4.78, 5) is 52.4. The van der Waals surface area contributed by atoms with Crippen LogP contribution in [0.5, 0.6) is 46.0 Å². The fourth-order valence-electron chi connectivity index (χ4n) is 19.0. The number of aliphatic hydroxyl groups is 4. The van der Waals surface area contributed by atoms with E-state index in [0.29, 0.717) is 90.3 Å². The summed E-state index contributed by atoms with van der Waals surface area (Å²) in [5.74, 6) is 1.46. The van der Waals surface area contributed by atoms with E-state index >= 15 is 0 Å². The molecule has 12 aromatic rings. The molecule has 0 fully saturated rings. The Hall–Kier alpha value is -4.83. The number of aryl methyl sites for hydroxylation is 12. The molecule has 2 bridgehead atoms. The molecule has 0 saturated carbocycles. The van der Waals surface area contributed by atoms with Crippen LogP contribution in [0.25, 0.3) is 0 Å². The van der Waals surface area contributed by atoms with Gasteiger partial charge in [-0.2, -0.15) is 0 Å². The van der Waals surface area contributed by atoms with Gasteiger partial charge in [-0.1, -0.05) is 151 Å². The van der Waals surface area contributed by atoms with Crippen molar-refractivity contribution in [2.24, 2.45) is 0 Å². The van der Waals surface area contributed by atoms with Crippen LogP contribution in [0.15, 0.2) is 194 Å². The first-order valence-corrected chi connectivity index (χ1v) is 68.3. The maximum atomic E-state index is 13.9. The minimum atomic E-state index is -1.57. The summed E-state index contributed by atoms with van der Waals surface area (Å²) in [6.07, 6.45) is -2.12. The largest absolute Gasteiger partial charge is 1.00 e. The Bertz CT molecular complexity index is 7380. The molecule has 42 heteroatoms. The number of carbonyl (C=O) groups is 4. The van der Waals surface area contributed by atoms with Crippen LogP contribution in [-0.2, 0) is 221 Å². The summed E-state index contributed by atoms with van der Waals surface area (Å²) in [6, 6.07) is 63.6. The van der Waals surface area contributed by atoms with Gasteiger partial charge in [0.1, 0.15) is 46.0 Å². The predicted octanol–water partition coefficient (Wildman–Crippen LogP) is 13.0. The second-order valence-electron chi connectivity index (χ2n) is 33.8. The molecular formula is C106H110K2O19S21. The average molecular weight is 2440 g/mol. The number of ether oxygens (including phenoxy) is 8. The monoisotopic (exact) mass is 2440 g/mol. The van der Waals surface area contributed by atoms with Gasteiger partial charge < -0.3 is 75.0 Å². The minimum absolute atomic E-state index is 0. The smallest absolute Gasteiger partial charge is 1.00 e. The zero-order chi connectivity index (χ0) is 107. The topological polar surface area (TPSA) is 276 Å². The van der Waals surface area contributed by atoms with E-state index in [1.54, 1.807) is 130 Å². The molecular weight excluding hydrogens is 2330 g/mol. The number of phenols is 1. The Morgan fingerprint density at radius 3 is 0.973 bits per heavy atom. The molecule has 1 aliphatic heterocycles. The van der Waals surface area contributed by atoms with E-state index in [9.17, 15) is 34.8 Å². The molecule has 0 radical (unpaired) electrons. The molecule has 0 saturated heterocycles. The number of hydrogen-bond donors (Lipinski definition) is 5. The van der Waals surface area contributed by atoms with E-state index in [1.807, 2.05) is 164 Å². The van der Waals surface area contributed by atoms with Crippen molar-refractivity contribution in [3.63, 3.8) is 0 Å². The molecule has 5 N–H and O–H groups in total. The molecule has 0 aromatic heterocycles. The van der Waals surface area contributed by atoms with Crippen LogP contribution in [0.1, 0.15) is 249 Å². The van der Waals surface area contributed by atoms with Gasteiger partial charge in [-0.05, 0) is 273 Å². The number of aromatic hydroxyl groups is 1. The van der Waals surface area contributed by atoms with Crippen molar-refractivity contribution in [2.75, 3.05) is 56.9 Å². The average Bonchev–Trinajstić information content (AvgIpc) is 1.53. The van der Waals surface area contributed by atoms with Crippen molar-refractivity contribution in [1.82, 2.24) is 0 Å². The summed E-state index contributed by atoms with van der Waals surface area (Å²) in [5.41, 5.74) is 27.8. The van der Waals surface area contributed by atoms with Crippen molar-refractivity contribution in [3.05, 3.63) is 372 Å². The molecule has 0 unspecified atom stereocenters. The Kier molecular flexibility index (Phi) is 55.8. The fourth-order valence-corrected chi connectivity index (χ4v) is 43.7. The Morgan fingerprint density at radius 2 is 0.628 bits per heavy atom. The normalized spacial score (nSPS) is 16.6. The van der Waals surface area contributed by atoms with Gasteiger partial charge in [-0.3, -0.25) is 19.2 Å². The first-order valence-electron chi connectivity index (χ1n) is 44.3. The van der Waals surface area contributed by atoms with Gasteiger partial charge in [0.2, 0.25) is 5.79 Å². The standard InChI is InChI=1S/C27H28O3.2C26H26O4.C25H24O4.CH2O3.CH4O.2K.S8.S7.S6.H/c1-15-7-9-19(10-8-15)25-18(4)24-17(3)13-20(29-5)14-22(24)27(28)26-21(25)11-16(2)12-23(26)30-6;1-14-6-8-17(9-7-14)23-19-10-15(2)11-21(29-5)24(19)26(27)20-13-18(28-4)12-16(3)22(20)25(23)30-26;1-14-6-8-17(9-7-14)23-19-10-15(2)11-21(30-5)24(19)25(27)20-13-18(29-4)12-16(3)22(20)26(23)28;1-13-5-7-16(8-6-13)22-18-9-14(2)10-20(26)23(18)24(27)19-12-17(29-4)11-15(3)21(19)25(22)28;2-1-4-3;1-2;;;1-3-5-7-8-6-4-2;1-3-5-7-6-4-2;1-3-5-6-4-2;/h7-14,18,25H,1-6H3;6-13,23,25,27H,1-5H3;6-13,23,26,28H,1-5H3;5-12,22,25-26,28H,1-4H3;1,3H;2H,1H3;;;;;;/q;;;;;;2*+1;;;;-1/p-1/t18-,25-;23-,25-,26-;23-,26-;22-,25-;;;;;;;;/m0000......../s1. The molecule has 12 aromatic carbocycles. The molecule has 17 rings (SSSR count). The molecule has 19 nitrogen and oxygen atoms in total. The molecule has 5 aliphatic rings. The number of ketones is 3. The van der Waals surface area contributed by atoms with Gasteiger partial charge in [0, 0.05) is 253 Å². The summed E-state index contributed by atoms with van der Waals surface area (Å²) in [7, 11) is 34.4. The van der Waals surface area contributed by atoms with E-state index < -0.39 is 29.8 Å². The van der Waals surface area contributed by atoms with Crippen molar-refractivity contribution in [1.29, 1.82) is 0 Å². The molecule has 1 heterocycles. The number of rotatable bonds is 12. The number of benzene rings is 12. The van der Waals surface area contributed by atoms with Crippen LogP contribution >= 0.6 is 0 Å². The predicted molar refractivity (Wildman–Crippen MR) is 636 cm³/mol. The van der Waals surface area contributed by atoms with E-state index in [-0.39, 0.29) is 163 Å². The van der Waals surface area contributed by atoms with E-state index in [2.05, 4.69) is 174 Å². The molecule has 0 spiro atoms.